The lowest BCUT2D eigenvalue weighted by atomic mass is 10.3. The van der Waals surface area contributed by atoms with Crippen molar-refractivity contribution < 1.29 is 0 Å². The van der Waals surface area contributed by atoms with Gasteiger partial charge in [-0.3, -0.25) is 0 Å². The molecule has 0 amide bonds. The van der Waals surface area contributed by atoms with E-state index in [1.807, 2.05) is 23.1 Å². The summed E-state index contributed by atoms with van der Waals surface area (Å²) in [4.78, 5) is 7.04. The zero-order valence-electron chi connectivity index (χ0n) is 9.89. The summed E-state index contributed by atoms with van der Waals surface area (Å²) in [6.45, 7) is 3.90. The Kier molecular flexibility index (Phi) is 5.56. The van der Waals surface area contributed by atoms with Crippen molar-refractivity contribution in [3.05, 3.63) is 30.5 Å². The SMILES string of the molecule is CCCCn1nccc1NCc1cnc[nH]1.Cl. The molecule has 0 aliphatic carbocycles. The van der Waals surface area contributed by atoms with Gasteiger partial charge in [-0.05, 0) is 6.42 Å². The molecule has 0 radical (unpaired) electrons. The number of hydrogen-bond acceptors (Lipinski definition) is 3. The Morgan fingerprint density at radius 3 is 3.06 bits per heavy atom. The van der Waals surface area contributed by atoms with E-state index in [1.165, 1.54) is 6.42 Å². The fourth-order valence-corrected chi connectivity index (χ4v) is 1.54. The summed E-state index contributed by atoms with van der Waals surface area (Å²) in [6, 6.07) is 1.99. The highest BCUT2D eigenvalue weighted by Crippen LogP contribution is 2.08. The Bertz CT molecular complexity index is 409. The van der Waals surface area contributed by atoms with Crippen LogP contribution in [0.15, 0.2) is 24.8 Å². The molecule has 0 saturated heterocycles. The van der Waals surface area contributed by atoms with Crippen molar-refractivity contribution in [2.75, 3.05) is 5.32 Å². The predicted octanol–water partition coefficient (Wildman–Crippen LogP) is 2.44. The van der Waals surface area contributed by atoms with Gasteiger partial charge in [-0.2, -0.15) is 5.10 Å². The first kappa shape index (κ1) is 13.6. The zero-order valence-corrected chi connectivity index (χ0v) is 10.7. The number of nitrogens with one attached hydrogen (secondary N) is 2. The van der Waals surface area contributed by atoms with Gasteiger partial charge in [0.05, 0.1) is 24.8 Å². The van der Waals surface area contributed by atoms with Crippen LogP contribution in [-0.2, 0) is 13.1 Å². The molecule has 17 heavy (non-hydrogen) atoms. The molecule has 5 nitrogen and oxygen atoms in total. The van der Waals surface area contributed by atoms with Crippen LogP contribution in [0.2, 0.25) is 0 Å². The standard InChI is InChI=1S/C11H17N5.ClH/c1-2-3-6-16-11(4-5-15-16)13-8-10-7-12-9-14-10;/h4-5,7,9,13H,2-3,6,8H2,1H3,(H,12,14);1H. The monoisotopic (exact) mass is 255 g/mol. The molecule has 0 saturated carbocycles. The largest absolute Gasteiger partial charge is 0.365 e. The van der Waals surface area contributed by atoms with Crippen LogP contribution in [0.3, 0.4) is 0 Å². The maximum absolute atomic E-state index is 4.28. The lowest BCUT2D eigenvalue weighted by Crippen LogP contribution is -2.08. The van der Waals surface area contributed by atoms with E-state index < -0.39 is 0 Å². The fourth-order valence-electron chi connectivity index (χ4n) is 1.54. The molecule has 0 spiro atoms. The molecule has 94 valence electrons. The lowest BCUT2D eigenvalue weighted by Gasteiger charge is -2.08. The van der Waals surface area contributed by atoms with Crippen LogP contribution in [-0.4, -0.2) is 19.7 Å². The van der Waals surface area contributed by atoms with E-state index in [1.54, 1.807) is 6.33 Å². The van der Waals surface area contributed by atoms with Gasteiger partial charge in [0.1, 0.15) is 5.82 Å². The van der Waals surface area contributed by atoms with Gasteiger partial charge in [-0.25, -0.2) is 9.67 Å². The molecule has 0 aliphatic rings. The van der Waals surface area contributed by atoms with Crippen LogP contribution in [0.5, 0.6) is 0 Å². The van der Waals surface area contributed by atoms with Crippen molar-refractivity contribution in [1.82, 2.24) is 19.7 Å². The summed E-state index contributed by atoms with van der Waals surface area (Å²) in [5.74, 6) is 1.06. The number of imidazole rings is 1. The fraction of sp³-hybridized carbons (Fsp3) is 0.455. The first-order valence-electron chi connectivity index (χ1n) is 5.63. The summed E-state index contributed by atoms with van der Waals surface area (Å²) in [6.07, 6.45) is 7.66. The highest BCUT2D eigenvalue weighted by molar-refractivity contribution is 5.85. The molecule has 2 heterocycles. The van der Waals surface area contributed by atoms with Crippen molar-refractivity contribution in [3.8, 4) is 0 Å². The Hall–Kier alpha value is -1.49. The number of aromatic amines is 1. The number of aryl methyl sites for hydroxylation is 1. The van der Waals surface area contributed by atoms with Crippen LogP contribution >= 0.6 is 12.4 Å². The van der Waals surface area contributed by atoms with Gasteiger partial charge in [-0.1, -0.05) is 13.3 Å². The molecule has 0 atom stereocenters. The Labute approximate surface area is 107 Å². The van der Waals surface area contributed by atoms with Crippen LogP contribution in [0.4, 0.5) is 5.82 Å². The minimum Gasteiger partial charge on any atom is -0.365 e. The highest BCUT2D eigenvalue weighted by atomic mass is 35.5. The molecule has 2 aromatic rings. The van der Waals surface area contributed by atoms with Crippen molar-refractivity contribution in [2.45, 2.75) is 32.9 Å². The highest BCUT2D eigenvalue weighted by Gasteiger charge is 2.01. The van der Waals surface area contributed by atoms with E-state index in [9.17, 15) is 0 Å². The summed E-state index contributed by atoms with van der Waals surface area (Å²) in [7, 11) is 0. The van der Waals surface area contributed by atoms with Gasteiger partial charge < -0.3 is 10.3 Å². The van der Waals surface area contributed by atoms with Crippen LogP contribution in [0, 0.1) is 0 Å². The first-order chi connectivity index (χ1) is 7.90. The van der Waals surface area contributed by atoms with E-state index in [2.05, 4.69) is 27.3 Å². The summed E-state index contributed by atoms with van der Waals surface area (Å²) < 4.78 is 2.00. The van der Waals surface area contributed by atoms with E-state index in [0.717, 1.165) is 31.0 Å². The number of unbranched alkanes of at least 4 members (excludes halogenated alkanes) is 1. The molecule has 2 N–H and O–H groups in total. The second kappa shape index (κ2) is 6.96. The van der Waals surface area contributed by atoms with E-state index in [4.69, 9.17) is 0 Å². The third-order valence-electron chi connectivity index (χ3n) is 2.45. The van der Waals surface area contributed by atoms with E-state index in [-0.39, 0.29) is 12.4 Å². The predicted molar refractivity (Wildman–Crippen MR) is 70.3 cm³/mol. The second-order valence-electron chi connectivity index (χ2n) is 3.72. The van der Waals surface area contributed by atoms with Crippen LogP contribution in [0.1, 0.15) is 25.5 Å². The van der Waals surface area contributed by atoms with Gasteiger partial charge in [0.25, 0.3) is 0 Å². The van der Waals surface area contributed by atoms with E-state index >= 15 is 0 Å². The number of H-pyrrole nitrogens is 1. The quantitative estimate of drug-likeness (QED) is 0.834. The molecule has 6 heteroatoms. The number of halogens is 1. The third-order valence-corrected chi connectivity index (χ3v) is 2.45. The lowest BCUT2D eigenvalue weighted by molar-refractivity contribution is 0.576. The molecular formula is C11H18ClN5. The summed E-state index contributed by atoms with van der Waals surface area (Å²) in [5.41, 5.74) is 1.07. The van der Waals surface area contributed by atoms with Crippen LogP contribution in [0.25, 0.3) is 0 Å². The maximum atomic E-state index is 4.28. The summed E-state index contributed by atoms with van der Waals surface area (Å²) in [5, 5.41) is 7.62. The third kappa shape index (κ3) is 3.78. The first-order valence-corrected chi connectivity index (χ1v) is 5.63. The van der Waals surface area contributed by atoms with Gasteiger partial charge in [0, 0.05) is 18.8 Å². The number of anilines is 1. The molecule has 2 aromatic heterocycles. The Morgan fingerprint density at radius 1 is 1.47 bits per heavy atom. The maximum Gasteiger partial charge on any atom is 0.124 e. The van der Waals surface area contributed by atoms with Gasteiger partial charge in [0.15, 0.2) is 0 Å². The van der Waals surface area contributed by atoms with Crippen molar-refractivity contribution >= 4 is 18.2 Å². The summed E-state index contributed by atoms with van der Waals surface area (Å²) >= 11 is 0. The number of aromatic nitrogens is 4. The molecule has 0 fully saturated rings. The van der Waals surface area contributed by atoms with Crippen molar-refractivity contribution in [1.29, 1.82) is 0 Å². The molecular weight excluding hydrogens is 238 g/mol. The molecule has 2 rings (SSSR count). The van der Waals surface area contributed by atoms with Crippen molar-refractivity contribution in [3.63, 3.8) is 0 Å². The Balaban J connectivity index is 0.00000144. The molecule has 0 unspecified atom stereocenters. The van der Waals surface area contributed by atoms with Gasteiger partial charge in [0.2, 0.25) is 0 Å². The second-order valence-corrected chi connectivity index (χ2v) is 3.72. The Morgan fingerprint density at radius 2 is 2.35 bits per heavy atom. The number of rotatable bonds is 6. The average molecular weight is 256 g/mol. The zero-order chi connectivity index (χ0) is 11.2. The molecule has 0 bridgehead atoms. The van der Waals surface area contributed by atoms with Crippen LogP contribution < -0.4 is 5.32 Å². The smallest absolute Gasteiger partial charge is 0.124 e. The topological polar surface area (TPSA) is 58.5 Å². The minimum absolute atomic E-state index is 0. The minimum atomic E-state index is 0. The van der Waals surface area contributed by atoms with Crippen molar-refractivity contribution in [2.24, 2.45) is 0 Å². The molecule has 0 aliphatic heterocycles. The average Bonchev–Trinajstić information content (AvgIpc) is 2.94. The number of hydrogen-bond donors (Lipinski definition) is 2. The van der Waals surface area contributed by atoms with Gasteiger partial charge in [-0.15, -0.1) is 12.4 Å². The van der Waals surface area contributed by atoms with Gasteiger partial charge >= 0.3 is 0 Å². The molecule has 0 aromatic carbocycles. The normalized spacial score (nSPS) is 9.94. The number of nitrogens with zero attached hydrogens (tertiary/aromatic N) is 3. The van der Waals surface area contributed by atoms with E-state index in [0.29, 0.717) is 0 Å².